The van der Waals surface area contributed by atoms with Crippen molar-refractivity contribution in [3.63, 3.8) is 0 Å². The second-order valence-corrected chi connectivity index (χ2v) is 6.28. The number of ether oxygens (including phenoxy) is 1. The van der Waals surface area contributed by atoms with E-state index in [0.717, 1.165) is 11.4 Å². The molecule has 0 aliphatic carbocycles. The Morgan fingerprint density at radius 1 is 1.15 bits per heavy atom. The Morgan fingerprint density at radius 2 is 1.89 bits per heavy atom. The van der Waals surface area contributed by atoms with Gasteiger partial charge in [-0.25, -0.2) is 4.39 Å². The maximum absolute atomic E-state index is 14.5. The summed E-state index contributed by atoms with van der Waals surface area (Å²) in [6.07, 6.45) is -0.976. The molecule has 1 heterocycles. The molecule has 0 radical (unpaired) electrons. The van der Waals surface area contributed by atoms with Crippen molar-refractivity contribution >= 4 is 17.6 Å². The quantitative estimate of drug-likeness (QED) is 0.519. The average molecular weight is 395 g/mol. The van der Waals surface area contributed by atoms with Crippen LogP contribution in [0, 0.1) is 5.82 Å². The van der Waals surface area contributed by atoms with E-state index in [2.05, 4.69) is 10.2 Å². The minimum absolute atomic E-state index is 0.146. The molecule has 0 unspecified atom stereocenters. The minimum atomic E-state index is -2.87. The van der Waals surface area contributed by atoms with Crippen molar-refractivity contribution in [1.29, 1.82) is 0 Å². The van der Waals surface area contributed by atoms with Crippen LogP contribution in [0.3, 0.4) is 0 Å². The van der Waals surface area contributed by atoms with Crippen LogP contribution in [0.25, 0.3) is 11.5 Å². The second kappa shape index (κ2) is 8.34. The number of halogens is 3. The van der Waals surface area contributed by atoms with Crippen molar-refractivity contribution in [1.82, 2.24) is 10.2 Å². The van der Waals surface area contributed by atoms with E-state index in [-0.39, 0.29) is 11.5 Å². The Balaban J connectivity index is 1.79. The van der Waals surface area contributed by atoms with Crippen LogP contribution in [0.15, 0.2) is 46.9 Å². The Labute approximate surface area is 158 Å². The molecule has 0 atom stereocenters. The lowest BCUT2D eigenvalue weighted by atomic mass is 10.1. The topological polar surface area (TPSA) is 51.4 Å². The maximum Gasteiger partial charge on any atom is 0.314 e. The molecule has 9 heteroatoms. The molecule has 3 aromatic rings. The van der Waals surface area contributed by atoms with Gasteiger partial charge in [0.25, 0.3) is 5.89 Å². The van der Waals surface area contributed by atoms with Crippen molar-refractivity contribution < 1.29 is 22.3 Å². The zero-order valence-corrected chi connectivity index (χ0v) is 15.3. The van der Waals surface area contributed by atoms with E-state index >= 15 is 0 Å². The number of anilines is 1. The van der Waals surface area contributed by atoms with Crippen LogP contribution in [0.4, 0.5) is 18.9 Å². The number of methoxy groups -OCH3 is 1. The fourth-order valence-corrected chi connectivity index (χ4v) is 3.01. The van der Waals surface area contributed by atoms with Crippen molar-refractivity contribution in [3.8, 4) is 17.2 Å². The fourth-order valence-electron chi connectivity index (χ4n) is 2.41. The first-order valence-corrected chi connectivity index (χ1v) is 9.06. The number of hydrogen-bond acceptors (Lipinski definition) is 6. The van der Waals surface area contributed by atoms with E-state index < -0.39 is 18.1 Å². The molecular formula is C18H16F3N3O2S. The molecule has 142 valence electrons. The van der Waals surface area contributed by atoms with Gasteiger partial charge < -0.3 is 13.5 Å². The summed E-state index contributed by atoms with van der Waals surface area (Å²) in [6.45, 7) is 0.311. The van der Waals surface area contributed by atoms with Crippen LogP contribution in [0.5, 0.6) is 5.75 Å². The number of benzene rings is 2. The molecule has 0 amide bonds. The molecular weight excluding hydrogens is 379 g/mol. The highest BCUT2D eigenvalue weighted by molar-refractivity contribution is 7.99. The van der Waals surface area contributed by atoms with E-state index in [4.69, 9.17) is 9.15 Å². The Bertz CT molecular complexity index is 903. The maximum atomic E-state index is 14.5. The summed E-state index contributed by atoms with van der Waals surface area (Å²) >= 11 is 1.45. The smallest absolute Gasteiger partial charge is 0.314 e. The number of alkyl halides is 2. The number of nitrogens with zero attached hydrogens (tertiary/aromatic N) is 3. The predicted molar refractivity (Wildman–Crippen MR) is 97.3 cm³/mol. The highest BCUT2D eigenvalue weighted by Crippen LogP contribution is 2.29. The highest BCUT2D eigenvalue weighted by atomic mass is 32.2. The monoisotopic (exact) mass is 395 g/mol. The molecule has 2 aromatic carbocycles. The number of hydrogen-bond donors (Lipinski definition) is 0. The van der Waals surface area contributed by atoms with Crippen LogP contribution in [-0.2, 0) is 6.54 Å². The standard InChI is InChI=1S/C18H16F3N3O2S/c1-25-14-7-5-13(6-8-14)24(27-2)10-12-4-3-11(9-15(12)19)17-22-23-18(26-17)16(20)21/h3-9,16H,10H2,1-2H3. The summed E-state index contributed by atoms with van der Waals surface area (Å²) < 4.78 is 51.5. The molecule has 0 N–H and O–H groups in total. The van der Waals surface area contributed by atoms with Gasteiger partial charge in [-0.05, 0) is 36.4 Å². The molecule has 0 saturated heterocycles. The van der Waals surface area contributed by atoms with E-state index in [0.29, 0.717) is 12.1 Å². The summed E-state index contributed by atoms with van der Waals surface area (Å²) in [5.74, 6) is -0.690. The fraction of sp³-hybridized carbons (Fsp3) is 0.222. The molecule has 0 spiro atoms. The first kappa shape index (κ1) is 19.1. The molecule has 0 aliphatic heterocycles. The lowest BCUT2D eigenvalue weighted by Crippen LogP contribution is -2.14. The number of aromatic nitrogens is 2. The van der Waals surface area contributed by atoms with E-state index in [1.807, 2.05) is 34.8 Å². The summed E-state index contributed by atoms with van der Waals surface area (Å²) in [6, 6.07) is 11.8. The Kier molecular flexibility index (Phi) is 5.90. The zero-order chi connectivity index (χ0) is 19.4. The van der Waals surface area contributed by atoms with Gasteiger partial charge in [0, 0.05) is 23.1 Å². The lowest BCUT2D eigenvalue weighted by Gasteiger charge is -2.22. The van der Waals surface area contributed by atoms with Crippen molar-refractivity contribution in [2.45, 2.75) is 13.0 Å². The predicted octanol–water partition coefficient (Wildman–Crippen LogP) is 5.11. The zero-order valence-electron chi connectivity index (χ0n) is 14.5. The van der Waals surface area contributed by atoms with Crippen molar-refractivity contribution in [2.24, 2.45) is 0 Å². The Hall–Kier alpha value is -2.68. The van der Waals surface area contributed by atoms with Crippen LogP contribution >= 0.6 is 11.9 Å². The molecule has 27 heavy (non-hydrogen) atoms. The molecule has 0 bridgehead atoms. The summed E-state index contributed by atoms with van der Waals surface area (Å²) in [5, 5.41) is 6.78. The van der Waals surface area contributed by atoms with E-state index in [9.17, 15) is 13.2 Å². The van der Waals surface area contributed by atoms with Gasteiger partial charge in [0.05, 0.1) is 13.7 Å². The summed E-state index contributed by atoms with van der Waals surface area (Å²) in [4.78, 5) is 0. The molecule has 0 fully saturated rings. The van der Waals surface area contributed by atoms with Gasteiger partial charge in [-0.1, -0.05) is 18.0 Å². The Morgan fingerprint density at radius 3 is 2.44 bits per heavy atom. The van der Waals surface area contributed by atoms with Crippen LogP contribution in [0.2, 0.25) is 0 Å². The van der Waals surface area contributed by atoms with Gasteiger partial charge in [-0.3, -0.25) is 0 Å². The first-order chi connectivity index (χ1) is 13.0. The van der Waals surface area contributed by atoms with Gasteiger partial charge in [0.2, 0.25) is 5.89 Å². The number of rotatable bonds is 7. The van der Waals surface area contributed by atoms with Crippen LogP contribution < -0.4 is 9.04 Å². The molecule has 1 aromatic heterocycles. The third-order valence-electron chi connectivity index (χ3n) is 3.82. The van der Waals surface area contributed by atoms with E-state index in [1.54, 1.807) is 19.2 Å². The molecule has 0 saturated carbocycles. The van der Waals surface area contributed by atoms with E-state index in [1.165, 1.54) is 18.0 Å². The average Bonchev–Trinajstić information content (AvgIpc) is 3.18. The van der Waals surface area contributed by atoms with Crippen molar-refractivity contribution in [3.05, 3.63) is 59.7 Å². The normalized spacial score (nSPS) is 11.0. The van der Waals surface area contributed by atoms with Gasteiger partial charge in [-0.15, -0.1) is 10.2 Å². The van der Waals surface area contributed by atoms with Crippen LogP contribution in [0.1, 0.15) is 17.9 Å². The summed E-state index contributed by atoms with van der Waals surface area (Å²) in [7, 11) is 1.59. The second-order valence-electron chi connectivity index (χ2n) is 5.47. The molecule has 5 nitrogen and oxygen atoms in total. The van der Waals surface area contributed by atoms with Gasteiger partial charge in [0.1, 0.15) is 11.6 Å². The minimum Gasteiger partial charge on any atom is -0.497 e. The first-order valence-electron chi connectivity index (χ1n) is 7.88. The van der Waals surface area contributed by atoms with Gasteiger partial charge in [0.15, 0.2) is 0 Å². The third-order valence-corrected chi connectivity index (χ3v) is 4.60. The SMILES string of the molecule is COc1ccc(N(Cc2ccc(-c3nnc(C(F)F)o3)cc2F)SC)cc1. The third kappa shape index (κ3) is 4.36. The van der Waals surface area contributed by atoms with Crippen LogP contribution in [-0.4, -0.2) is 23.6 Å². The van der Waals surface area contributed by atoms with Gasteiger partial charge >= 0.3 is 6.43 Å². The lowest BCUT2D eigenvalue weighted by molar-refractivity contribution is 0.116. The highest BCUT2D eigenvalue weighted by Gasteiger charge is 2.18. The molecule has 0 aliphatic rings. The molecule has 3 rings (SSSR count). The van der Waals surface area contributed by atoms with Gasteiger partial charge in [-0.2, -0.15) is 8.78 Å². The summed E-state index contributed by atoms with van der Waals surface area (Å²) in [5.41, 5.74) is 1.58. The largest absolute Gasteiger partial charge is 0.497 e. The van der Waals surface area contributed by atoms with Crippen molar-refractivity contribution in [2.75, 3.05) is 17.7 Å².